The van der Waals surface area contributed by atoms with Gasteiger partial charge < -0.3 is 14.6 Å². The predicted molar refractivity (Wildman–Crippen MR) is 104 cm³/mol. The van der Waals surface area contributed by atoms with Crippen molar-refractivity contribution >= 4 is 5.97 Å². The Morgan fingerprint density at radius 3 is 2.63 bits per heavy atom. The Bertz CT molecular complexity index is 762. The zero-order valence-electron chi connectivity index (χ0n) is 15.9. The van der Waals surface area contributed by atoms with Gasteiger partial charge in [0.1, 0.15) is 0 Å². The lowest BCUT2D eigenvalue weighted by atomic mass is 9.91. The molecule has 3 rings (SSSR count). The van der Waals surface area contributed by atoms with Crippen molar-refractivity contribution in [2.75, 3.05) is 26.8 Å². The first-order valence-corrected chi connectivity index (χ1v) is 9.46. The average molecular weight is 369 g/mol. The molecule has 0 saturated carbocycles. The molecule has 5 nitrogen and oxygen atoms in total. The van der Waals surface area contributed by atoms with Crippen molar-refractivity contribution in [3.8, 4) is 11.5 Å². The van der Waals surface area contributed by atoms with Gasteiger partial charge in [-0.2, -0.15) is 0 Å². The van der Waals surface area contributed by atoms with Gasteiger partial charge in [0.25, 0.3) is 0 Å². The van der Waals surface area contributed by atoms with Crippen LogP contribution in [0.25, 0.3) is 0 Å². The Kier molecular flexibility index (Phi) is 6.35. The van der Waals surface area contributed by atoms with Crippen LogP contribution in [-0.2, 0) is 4.79 Å². The van der Waals surface area contributed by atoms with Gasteiger partial charge >= 0.3 is 5.97 Å². The summed E-state index contributed by atoms with van der Waals surface area (Å²) < 4.78 is 11.2. The molecule has 2 atom stereocenters. The number of hydrogen-bond donors (Lipinski definition) is 1. The predicted octanol–water partition coefficient (Wildman–Crippen LogP) is 3.98. The second-order valence-electron chi connectivity index (χ2n) is 6.83. The van der Waals surface area contributed by atoms with E-state index in [1.807, 2.05) is 37.3 Å². The summed E-state index contributed by atoms with van der Waals surface area (Å²) in [6, 6.07) is 16.2. The first-order chi connectivity index (χ1) is 13.1. The Morgan fingerprint density at radius 2 is 1.96 bits per heavy atom. The molecule has 5 heteroatoms. The summed E-state index contributed by atoms with van der Waals surface area (Å²) in [6.07, 6.45) is 1.62. The van der Waals surface area contributed by atoms with E-state index < -0.39 is 5.97 Å². The average Bonchev–Trinajstić information content (AvgIpc) is 2.70. The van der Waals surface area contributed by atoms with E-state index >= 15 is 0 Å². The van der Waals surface area contributed by atoms with E-state index in [0.29, 0.717) is 18.9 Å². The second kappa shape index (κ2) is 8.91. The molecular formula is C22H27NO4. The Morgan fingerprint density at radius 1 is 1.19 bits per heavy atom. The molecule has 0 spiro atoms. The number of rotatable bonds is 7. The fourth-order valence-electron chi connectivity index (χ4n) is 3.82. The van der Waals surface area contributed by atoms with E-state index in [0.717, 1.165) is 36.3 Å². The van der Waals surface area contributed by atoms with Crippen LogP contribution in [-0.4, -0.2) is 42.8 Å². The van der Waals surface area contributed by atoms with Crippen LogP contribution in [0.2, 0.25) is 0 Å². The quantitative estimate of drug-likeness (QED) is 0.800. The third kappa shape index (κ3) is 4.42. The van der Waals surface area contributed by atoms with Gasteiger partial charge in [0.15, 0.2) is 11.5 Å². The lowest BCUT2D eigenvalue weighted by Crippen LogP contribution is -2.41. The minimum absolute atomic E-state index is 0.0158. The van der Waals surface area contributed by atoms with Crippen molar-refractivity contribution in [3.63, 3.8) is 0 Å². The molecule has 2 unspecified atom stereocenters. The third-order valence-corrected chi connectivity index (χ3v) is 5.09. The molecule has 27 heavy (non-hydrogen) atoms. The van der Waals surface area contributed by atoms with Crippen LogP contribution in [0.3, 0.4) is 0 Å². The minimum atomic E-state index is -0.712. The van der Waals surface area contributed by atoms with Crippen molar-refractivity contribution in [1.29, 1.82) is 0 Å². The summed E-state index contributed by atoms with van der Waals surface area (Å²) in [5, 5.41) is 9.49. The van der Waals surface area contributed by atoms with E-state index in [9.17, 15) is 9.90 Å². The number of hydrogen-bond acceptors (Lipinski definition) is 4. The number of carboxylic acid groups (broad SMARTS) is 1. The Balaban J connectivity index is 1.99. The smallest absolute Gasteiger partial charge is 0.307 e. The summed E-state index contributed by atoms with van der Waals surface area (Å²) in [5.74, 6) is 0.380. The number of benzene rings is 2. The number of aliphatic carboxylic acids is 1. The molecular weight excluding hydrogens is 342 g/mol. The molecule has 1 N–H and O–H groups in total. The monoisotopic (exact) mass is 369 g/mol. The lowest BCUT2D eigenvalue weighted by molar-refractivity contribution is -0.143. The van der Waals surface area contributed by atoms with E-state index in [-0.39, 0.29) is 12.0 Å². The molecule has 1 aliphatic heterocycles. The molecule has 1 fully saturated rings. The largest absolute Gasteiger partial charge is 0.493 e. The first-order valence-electron chi connectivity index (χ1n) is 9.46. The molecule has 0 aliphatic carbocycles. The van der Waals surface area contributed by atoms with Crippen molar-refractivity contribution in [2.45, 2.75) is 25.8 Å². The molecule has 2 aromatic carbocycles. The van der Waals surface area contributed by atoms with Gasteiger partial charge in [0.2, 0.25) is 0 Å². The van der Waals surface area contributed by atoms with Crippen LogP contribution < -0.4 is 9.47 Å². The topological polar surface area (TPSA) is 59.0 Å². The minimum Gasteiger partial charge on any atom is -0.493 e. The van der Waals surface area contributed by atoms with Gasteiger partial charge in [-0.3, -0.25) is 9.69 Å². The van der Waals surface area contributed by atoms with Crippen molar-refractivity contribution in [3.05, 3.63) is 59.7 Å². The molecule has 0 bridgehead atoms. The Hall–Kier alpha value is -2.53. The van der Waals surface area contributed by atoms with E-state index in [4.69, 9.17) is 9.47 Å². The van der Waals surface area contributed by atoms with E-state index in [1.165, 1.54) is 0 Å². The molecule has 0 radical (unpaired) electrons. The maximum absolute atomic E-state index is 11.5. The highest BCUT2D eigenvalue weighted by Crippen LogP contribution is 2.37. The standard InChI is InChI=1S/C22H27NO4/c1-3-27-19-12-11-17(14-20(19)26-2)21(16-8-5-4-6-9-16)23-13-7-10-18(15-23)22(24)25/h4-6,8-9,11-12,14,18,21H,3,7,10,13,15H2,1-2H3,(H,24,25). The zero-order valence-corrected chi connectivity index (χ0v) is 15.9. The van der Waals surface area contributed by atoms with Crippen LogP contribution in [0.15, 0.2) is 48.5 Å². The lowest BCUT2D eigenvalue weighted by Gasteiger charge is -2.37. The number of likely N-dealkylation sites (tertiary alicyclic amines) is 1. The van der Waals surface area contributed by atoms with Gasteiger partial charge in [0.05, 0.1) is 25.7 Å². The van der Waals surface area contributed by atoms with Crippen LogP contribution in [0, 0.1) is 5.92 Å². The van der Waals surface area contributed by atoms with Crippen molar-refractivity contribution < 1.29 is 19.4 Å². The molecule has 2 aromatic rings. The van der Waals surface area contributed by atoms with E-state index in [1.54, 1.807) is 7.11 Å². The van der Waals surface area contributed by atoms with Gasteiger partial charge in [-0.25, -0.2) is 0 Å². The van der Waals surface area contributed by atoms with Gasteiger partial charge in [-0.15, -0.1) is 0 Å². The number of nitrogens with zero attached hydrogens (tertiary/aromatic N) is 1. The third-order valence-electron chi connectivity index (χ3n) is 5.09. The van der Waals surface area contributed by atoms with Crippen LogP contribution in [0.1, 0.15) is 36.9 Å². The highest BCUT2D eigenvalue weighted by Gasteiger charge is 2.31. The Labute approximate surface area is 160 Å². The fourth-order valence-corrected chi connectivity index (χ4v) is 3.82. The number of piperidine rings is 1. The van der Waals surface area contributed by atoms with Gasteiger partial charge in [-0.05, 0) is 49.6 Å². The summed E-state index contributed by atoms with van der Waals surface area (Å²) >= 11 is 0. The summed E-state index contributed by atoms with van der Waals surface area (Å²) in [6.45, 7) is 3.94. The fraction of sp³-hybridized carbons (Fsp3) is 0.409. The van der Waals surface area contributed by atoms with Crippen molar-refractivity contribution in [2.24, 2.45) is 5.92 Å². The van der Waals surface area contributed by atoms with Gasteiger partial charge in [-0.1, -0.05) is 36.4 Å². The van der Waals surface area contributed by atoms with Crippen LogP contribution in [0.4, 0.5) is 0 Å². The van der Waals surface area contributed by atoms with Crippen LogP contribution >= 0.6 is 0 Å². The number of carbonyl (C=O) groups is 1. The molecule has 1 heterocycles. The maximum atomic E-state index is 11.5. The van der Waals surface area contributed by atoms with Crippen molar-refractivity contribution in [1.82, 2.24) is 4.90 Å². The molecule has 0 aromatic heterocycles. The molecule has 1 aliphatic rings. The highest BCUT2D eigenvalue weighted by atomic mass is 16.5. The van der Waals surface area contributed by atoms with E-state index in [2.05, 4.69) is 23.1 Å². The highest BCUT2D eigenvalue weighted by molar-refractivity contribution is 5.70. The SMILES string of the molecule is CCOc1ccc(C(c2ccccc2)N2CCCC(C(=O)O)C2)cc1OC. The normalized spacial score (nSPS) is 18.7. The zero-order chi connectivity index (χ0) is 19.2. The molecule has 1 saturated heterocycles. The number of ether oxygens (including phenoxy) is 2. The molecule has 0 amide bonds. The summed E-state index contributed by atoms with van der Waals surface area (Å²) in [5.41, 5.74) is 2.22. The number of methoxy groups -OCH3 is 1. The van der Waals surface area contributed by atoms with Gasteiger partial charge in [0, 0.05) is 6.54 Å². The molecule has 144 valence electrons. The first kappa shape index (κ1) is 19.2. The summed E-state index contributed by atoms with van der Waals surface area (Å²) in [7, 11) is 1.64. The second-order valence-corrected chi connectivity index (χ2v) is 6.83. The summed E-state index contributed by atoms with van der Waals surface area (Å²) in [4.78, 5) is 13.8. The van der Waals surface area contributed by atoms with Crippen LogP contribution in [0.5, 0.6) is 11.5 Å². The number of carboxylic acids is 1. The maximum Gasteiger partial charge on any atom is 0.307 e.